The van der Waals surface area contributed by atoms with Crippen LogP contribution in [0.2, 0.25) is 0 Å². The first-order chi connectivity index (χ1) is 9.58. The highest BCUT2D eigenvalue weighted by Crippen LogP contribution is 2.26. The molecule has 0 aliphatic heterocycles. The Bertz CT molecular complexity index is 429. The van der Waals surface area contributed by atoms with Gasteiger partial charge in [0.25, 0.3) is 0 Å². The normalized spacial score (nSPS) is 12.8. The summed E-state index contributed by atoms with van der Waals surface area (Å²) in [5, 5.41) is 5.86. The number of hydrogen-bond donors (Lipinski definition) is 2. The molecule has 21 heavy (non-hydrogen) atoms. The average Bonchev–Trinajstić information content (AvgIpc) is 2.45. The molecule has 2 atom stereocenters. The molecule has 2 unspecified atom stereocenters. The average molecular weight is 317 g/mol. The lowest BCUT2D eigenvalue weighted by Gasteiger charge is -2.18. The van der Waals surface area contributed by atoms with Crippen LogP contribution in [0, 0.1) is 5.92 Å². The molecular formula is C15H25ClN2O3. The predicted molar refractivity (Wildman–Crippen MR) is 86.4 cm³/mol. The van der Waals surface area contributed by atoms with E-state index >= 15 is 0 Å². The molecule has 2 N–H and O–H groups in total. The van der Waals surface area contributed by atoms with Gasteiger partial charge in [-0.15, -0.1) is 12.4 Å². The Kier molecular flexibility index (Phi) is 9.58. The maximum atomic E-state index is 11.8. The third kappa shape index (κ3) is 6.69. The summed E-state index contributed by atoms with van der Waals surface area (Å²) in [6, 6.07) is 7.46. The van der Waals surface area contributed by atoms with Crippen molar-refractivity contribution in [2.24, 2.45) is 5.92 Å². The van der Waals surface area contributed by atoms with Gasteiger partial charge in [-0.05, 0) is 26.1 Å². The lowest BCUT2D eigenvalue weighted by molar-refractivity contribution is -0.124. The molecule has 1 rings (SSSR count). The lowest BCUT2D eigenvalue weighted by Crippen LogP contribution is -2.39. The van der Waals surface area contributed by atoms with Crippen LogP contribution < -0.4 is 20.1 Å². The monoisotopic (exact) mass is 316 g/mol. The number of carbonyl (C=O) groups is 1. The zero-order valence-electron chi connectivity index (χ0n) is 13.0. The Morgan fingerprint density at radius 1 is 1.19 bits per heavy atom. The minimum absolute atomic E-state index is 0. The second-order valence-corrected chi connectivity index (χ2v) is 4.78. The van der Waals surface area contributed by atoms with Crippen molar-refractivity contribution >= 4 is 18.3 Å². The summed E-state index contributed by atoms with van der Waals surface area (Å²) < 4.78 is 11.0. The minimum atomic E-state index is -0.128. The molecule has 0 bridgehead atoms. The molecule has 0 aliphatic carbocycles. The maximum absolute atomic E-state index is 11.8. The Morgan fingerprint density at radius 3 is 2.38 bits per heavy atom. The zero-order valence-corrected chi connectivity index (χ0v) is 13.8. The number of methoxy groups -OCH3 is 1. The minimum Gasteiger partial charge on any atom is -0.493 e. The van der Waals surface area contributed by atoms with Gasteiger partial charge in [0, 0.05) is 12.5 Å². The highest BCUT2D eigenvalue weighted by Gasteiger charge is 2.14. The fourth-order valence-corrected chi connectivity index (χ4v) is 1.79. The van der Waals surface area contributed by atoms with Gasteiger partial charge in [-0.25, -0.2) is 0 Å². The standard InChI is InChI=1S/C15H24N2O3.ClH/c1-11(9-16-3)15(18)17-10-12(2)20-14-8-6-5-7-13(14)19-4;/h5-8,11-12,16H,9-10H2,1-4H3,(H,17,18);1H. The van der Waals surface area contributed by atoms with E-state index in [1.54, 1.807) is 7.11 Å². The van der Waals surface area contributed by atoms with Crippen LogP contribution >= 0.6 is 12.4 Å². The van der Waals surface area contributed by atoms with Crippen LogP contribution in [0.25, 0.3) is 0 Å². The molecule has 1 aromatic rings. The first-order valence-corrected chi connectivity index (χ1v) is 6.80. The van der Waals surface area contributed by atoms with E-state index in [4.69, 9.17) is 9.47 Å². The largest absolute Gasteiger partial charge is 0.493 e. The number of ether oxygens (including phenoxy) is 2. The molecular weight excluding hydrogens is 292 g/mol. The first kappa shape index (κ1) is 19.5. The van der Waals surface area contributed by atoms with Crippen LogP contribution in [0.3, 0.4) is 0 Å². The van der Waals surface area contributed by atoms with Crippen molar-refractivity contribution in [3.05, 3.63) is 24.3 Å². The van der Waals surface area contributed by atoms with Crippen molar-refractivity contribution < 1.29 is 14.3 Å². The first-order valence-electron chi connectivity index (χ1n) is 6.80. The number of carbonyl (C=O) groups excluding carboxylic acids is 1. The van der Waals surface area contributed by atoms with Crippen LogP contribution in [0.5, 0.6) is 11.5 Å². The van der Waals surface area contributed by atoms with Gasteiger partial charge in [0.2, 0.25) is 5.91 Å². The zero-order chi connectivity index (χ0) is 15.0. The number of amides is 1. The third-order valence-electron chi connectivity index (χ3n) is 2.92. The highest BCUT2D eigenvalue weighted by atomic mass is 35.5. The van der Waals surface area contributed by atoms with Crippen molar-refractivity contribution in [2.75, 3.05) is 27.2 Å². The van der Waals surface area contributed by atoms with Crippen molar-refractivity contribution in [1.82, 2.24) is 10.6 Å². The molecule has 120 valence electrons. The molecule has 6 heteroatoms. The predicted octanol–water partition coefficient (Wildman–Crippen LogP) is 1.86. The fraction of sp³-hybridized carbons (Fsp3) is 0.533. The summed E-state index contributed by atoms with van der Waals surface area (Å²) >= 11 is 0. The number of halogens is 1. The number of benzene rings is 1. The molecule has 0 spiro atoms. The van der Waals surface area contributed by atoms with E-state index in [9.17, 15) is 4.79 Å². The summed E-state index contributed by atoms with van der Waals surface area (Å²) in [5.74, 6) is 1.34. The molecule has 1 aromatic carbocycles. The van der Waals surface area contributed by atoms with Gasteiger partial charge in [-0.2, -0.15) is 0 Å². The molecule has 5 nitrogen and oxygen atoms in total. The summed E-state index contributed by atoms with van der Waals surface area (Å²) in [6.45, 7) is 4.92. The summed E-state index contributed by atoms with van der Waals surface area (Å²) in [7, 11) is 3.44. The summed E-state index contributed by atoms with van der Waals surface area (Å²) in [6.07, 6.45) is -0.128. The van der Waals surface area contributed by atoms with Crippen LogP contribution in [0.1, 0.15) is 13.8 Å². The topological polar surface area (TPSA) is 59.6 Å². The van der Waals surface area contributed by atoms with Gasteiger partial charge in [0.15, 0.2) is 11.5 Å². The fourth-order valence-electron chi connectivity index (χ4n) is 1.79. The molecule has 1 amide bonds. The van der Waals surface area contributed by atoms with Gasteiger partial charge in [-0.3, -0.25) is 4.79 Å². The van der Waals surface area contributed by atoms with Crippen LogP contribution in [-0.2, 0) is 4.79 Å². The second-order valence-electron chi connectivity index (χ2n) is 4.78. The van der Waals surface area contributed by atoms with Crippen LogP contribution in [-0.4, -0.2) is 39.3 Å². The SMILES string of the molecule is CNCC(C)C(=O)NCC(C)Oc1ccccc1OC.Cl. The van der Waals surface area contributed by atoms with E-state index in [2.05, 4.69) is 10.6 Å². The molecule has 0 saturated carbocycles. The Labute approximate surface area is 132 Å². The molecule has 0 aliphatic rings. The van der Waals surface area contributed by atoms with E-state index in [1.165, 1.54) is 0 Å². The van der Waals surface area contributed by atoms with E-state index < -0.39 is 0 Å². The smallest absolute Gasteiger partial charge is 0.224 e. The second kappa shape index (κ2) is 10.3. The van der Waals surface area contributed by atoms with Crippen molar-refractivity contribution in [2.45, 2.75) is 20.0 Å². The van der Waals surface area contributed by atoms with Gasteiger partial charge in [-0.1, -0.05) is 19.1 Å². The molecule has 0 heterocycles. The third-order valence-corrected chi connectivity index (χ3v) is 2.92. The number of nitrogens with one attached hydrogen (secondary N) is 2. The maximum Gasteiger partial charge on any atom is 0.224 e. The van der Waals surface area contributed by atoms with Crippen LogP contribution in [0.4, 0.5) is 0 Å². The van der Waals surface area contributed by atoms with E-state index in [0.717, 1.165) is 0 Å². The van der Waals surface area contributed by atoms with Crippen molar-refractivity contribution in [3.8, 4) is 11.5 Å². The number of hydrogen-bond acceptors (Lipinski definition) is 4. The van der Waals surface area contributed by atoms with Gasteiger partial charge < -0.3 is 20.1 Å². The highest BCUT2D eigenvalue weighted by molar-refractivity contribution is 5.85. The Morgan fingerprint density at radius 2 is 1.81 bits per heavy atom. The molecule has 0 saturated heterocycles. The number of rotatable bonds is 8. The molecule has 0 radical (unpaired) electrons. The van der Waals surface area contributed by atoms with Gasteiger partial charge in [0.05, 0.1) is 13.7 Å². The van der Waals surface area contributed by atoms with E-state index in [0.29, 0.717) is 24.6 Å². The van der Waals surface area contributed by atoms with E-state index in [-0.39, 0.29) is 30.3 Å². The molecule has 0 fully saturated rings. The number of para-hydroxylation sites is 2. The Hall–Kier alpha value is -1.46. The van der Waals surface area contributed by atoms with Gasteiger partial charge >= 0.3 is 0 Å². The van der Waals surface area contributed by atoms with Gasteiger partial charge in [0.1, 0.15) is 6.10 Å². The summed E-state index contributed by atoms with van der Waals surface area (Å²) in [4.78, 5) is 11.8. The quantitative estimate of drug-likeness (QED) is 0.768. The van der Waals surface area contributed by atoms with Crippen molar-refractivity contribution in [3.63, 3.8) is 0 Å². The molecule has 0 aromatic heterocycles. The lowest BCUT2D eigenvalue weighted by atomic mass is 10.1. The summed E-state index contributed by atoms with van der Waals surface area (Å²) in [5.41, 5.74) is 0. The van der Waals surface area contributed by atoms with E-state index in [1.807, 2.05) is 45.2 Å². The van der Waals surface area contributed by atoms with Crippen molar-refractivity contribution in [1.29, 1.82) is 0 Å². The Balaban J connectivity index is 0.00000400. The van der Waals surface area contributed by atoms with Crippen LogP contribution in [0.15, 0.2) is 24.3 Å².